The van der Waals surface area contributed by atoms with Gasteiger partial charge in [0.05, 0.1) is 0 Å². The van der Waals surface area contributed by atoms with Crippen molar-refractivity contribution in [2.24, 2.45) is 5.73 Å². The van der Waals surface area contributed by atoms with Crippen LogP contribution in [0.15, 0.2) is 18.3 Å². The number of aromatic nitrogens is 1. The number of nitrogens with two attached hydrogens (primary N) is 1. The molecule has 1 aromatic heterocycles. The molecule has 0 spiro atoms. The fraction of sp³-hybridized carbons (Fsp3) is 0.538. The van der Waals surface area contributed by atoms with Crippen molar-refractivity contribution in [1.29, 1.82) is 0 Å². The molecule has 2 heterocycles. The molecule has 0 radical (unpaired) electrons. The number of carbonyl (C=O) groups is 1. The molecule has 1 amide bonds. The van der Waals surface area contributed by atoms with E-state index < -0.39 is 0 Å². The molecule has 1 saturated heterocycles. The highest BCUT2D eigenvalue weighted by atomic mass is 16.2. The molecule has 0 aromatic carbocycles. The van der Waals surface area contributed by atoms with Crippen LogP contribution in [0.1, 0.15) is 31.9 Å². The number of pyridine rings is 1. The van der Waals surface area contributed by atoms with Crippen molar-refractivity contribution in [2.45, 2.75) is 32.4 Å². The number of piperazine rings is 1. The zero-order valence-corrected chi connectivity index (χ0v) is 10.9. The largest absolute Gasteiger partial charge is 0.353 e. The summed E-state index contributed by atoms with van der Waals surface area (Å²) in [5.41, 5.74) is 6.92. The summed E-state index contributed by atoms with van der Waals surface area (Å²) >= 11 is 0. The molecule has 5 heteroatoms. The maximum absolute atomic E-state index is 11.8. The van der Waals surface area contributed by atoms with Crippen LogP contribution in [0.5, 0.6) is 0 Å². The third-order valence-corrected chi connectivity index (χ3v) is 3.31. The second kappa shape index (κ2) is 5.35. The Morgan fingerprint density at radius 2 is 2.44 bits per heavy atom. The Balaban J connectivity index is 2.28. The summed E-state index contributed by atoms with van der Waals surface area (Å²) in [4.78, 5) is 18.3. The lowest BCUT2D eigenvalue weighted by atomic mass is 10.1. The van der Waals surface area contributed by atoms with Crippen molar-refractivity contribution in [3.8, 4) is 0 Å². The SMILES string of the molecule is CCC1C(=O)NCCN1c1cc([C@@H](C)N)ccn1. The summed E-state index contributed by atoms with van der Waals surface area (Å²) < 4.78 is 0. The van der Waals surface area contributed by atoms with Crippen molar-refractivity contribution in [3.05, 3.63) is 23.9 Å². The average molecular weight is 248 g/mol. The molecule has 2 atom stereocenters. The third kappa shape index (κ3) is 2.46. The van der Waals surface area contributed by atoms with Gasteiger partial charge in [-0.15, -0.1) is 0 Å². The molecule has 98 valence electrons. The number of rotatable bonds is 3. The van der Waals surface area contributed by atoms with Gasteiger partial charge in [0.15, 0.2) is 0 Å². The van der Waals surface area contributed by atoms with Crippen molar-refractivity contribution in [1.82, 2.24) is 10.3 Å². The number of nitrogens with one attached hydrogen (secondary N) is 1. The maximum Gasteiger partial charge on any atom is 0.242 e. The van der Waals surface area contributed by atoms with E-state index in [1.54, 1.807) is 6.20 Å². The zero-order chi connectivity index (χ0) is 13.1. The van der Waals surface area contributed by atoms with Gasteiger partial charge in [-0.3, -0.25) is 4.79 Å². The molecule has 0 saturated carbocycles. The van der Waals surface area contributed by atoms with Crippen LogP contribution in [-0.4, -0.2) is 30.0 Å². The monoisotopic (exact) mass is 248 g/mol. The van der Waals surface area contributed by atoms with E-state index in [1.165, 1.54) is 0 Å². The number of nitrogens with zero attached hydrogens (tertiary/aromatic N) is 2. The molecular weight excluding hydrogens is 228 g/mol. The second-order valence-electron chi connectivity index (χ2n) is 4.64. The quantitative estimate of drug-likeness (QED) is 0.830. The van der Waals surface area contributed by atoms with Gasteiger partial charge in [0.2, 0.25) is 5.91 Å². The lowest BCUT2D eigenvalue weighted by Gasteiger charge is -2.35. The second-order valence-corrected chi connectivity index (χ2v) is 4.64. The lowest BCUT2D eigenvalue weighted by molar-refractivity contribution is -0.123. The van der Waals surface area contributed by atoms with E-state index in [1.807, 2.05) is 26.0 Å². The first-order chi connectivity index (χ1) is 8.63. The van der Waals surface area contributed by atoms with Gasteiger partial charge in [0.1, 0.15) is 11.9 Å². The lowest BCUT2D eigenvalue weighted by Crippen LogP contribution is -2.55. The van der Waals surface area contributed by atoms with Crippen LogP contribution in [0, 0.1) is 0 Å². The molecule has 2 rings (SSSR count). The summed E-state index contributed by atoms with van der Waals surface area (Å²) in [6, 6.07) is 3.74. The molecule has 0 bridgehead atoms. The van der Waals surface area contributed by atoms with Crippen LogP contribution in [-0.2, 0) is 4.79 Å². The molecule has 1 aromatic rings. The molecule has 5 nitrogen and oxygen atoms in total. The van der Waals surface area contributed by atoms with Crippen LogP contribution >= 0.6 is 0 Å². The van der Waals surface area contributed by atoms with Gasteiger partial charge < -0.3 is 16.0 Å². The first kappa shape index (κ1) is 12.8. The molecule has 0 aliphatic carbocycles. The van der Waals surface area contributed by atoms with E-state index in [4.69, 9.17) is 5.73 Å². The number of hydrogen-bond donors (Lipinski definition) is 2. The highest BCUT2D eigenvalue weighted by Crippen LogP contribution is 2.21. The van der Waals surface area contributed by atoms with Gasteiger partial charge in [-0.1, -0.05) is 6.92 Å². The van der Waals surface area contributed by atoms with E-state index in [9.17, 15) is 4.79 Å². The zero-order valence-electron chi connectivity index (χ0n) is 10.9. The van der Waals surface area contributed by atoms with Crippen molar-refractivity contribution < 1.29 is 4.79 Å². The van der Waals surface area contributed by atoms with Crippen LogP contribution in [0.25, 0.3) is 0 Å². The highest BCUT2D eigenvalue weighted by Gasteiger charge is 2.28. The van der Waals surface area contributed by atoms with E-state index in [2.05, 4.69) is 15.2 Å². The average Bonchev–Trinajstić information content (AvgIpc) is 2.38. The van der Waals surface area contributed by atoms with Crippen molar-refractivity contribution >= 4 is 11.7 Å². The molecule has 1 aliphatic rings. The minimum absolute atomic E-state index is 0.0227. The smallest absolute Gasteiger partial charge is 0.242 e. The Morgan fingerprint density at radius 3 is 3.11 bits per heavy atom. The Labute approximate surface area is 107 Å². The van der Waals surface area contributed by atoms with Gasteiger partial charge in [-0.05, 0) is 31.0 Å². The van der Waals surface area contributed by atoms with Gasteiger partial charge >= 0.3 is 0 Å². The standard InChI is InChI=1S/C13H20N4O/c1-3-11-13(18)16-6-7-17(11)12-8-10(9(2)14)4-5-15-12/h4-5,8-9,11H,3,6-7,14H2,1-2H3,(H,16,18)/t9-,11?/m1/s1. The van der Waals surface area contributed by atoms with E-state index in [-0.39, 0.29) is 18.0 Å². The van der Waals surface area contributed by atoms with Gasteiger partial charge in [0, 0.05) is 25.3 Å². The topological polar surface area (TPSA) is 71.2 Å². The molecule has 3 N–H and O–H groups in total. The fourth-order valence-corrected chi connectivity index (χ4v) is 2.27. The van der Waals surface area contributed by atoms with E-state index >= 15 is 0 Å². The molecule has 1 unspecified atom stereocenters. The normalized spacial score (nSPS) is 21.6. The number of hydrogen-bond acceptors (Lipinski definition) is 4. The third-order valence-electron chi connectivity index (χ3n) is 3.31. The molecule has 1 aliphatic heterocycles. The summed E-state index contributed by atoms with van der Waals surface area (Å²) in [6.45, 7) is 5.41. The minimum atomic E-state index is -0.130. The molecular formula is C13H20N4O. The number of carbonyl (C=O) groups excluding carboxylic acids is 1. The summed E-state index contributed by atoms with van der Waals surface area (Å²) in [5, 5.41) is 2.89. The van der Waals surface area contributed by atoms with Gasteiger partial charge in [-0.25, -0.2) is 4.98 Å². The van der Waals surface area contributed by atoms with E-state index in [0.29, 0.717) is 6.54 Å². The van der Waals surface area contributed by atoms with Crippen molar-refractivity contribution in [3.63, 3.8) is 0 Å². The summed E-state index contributed by atoms with van der Waals surface area (Å²) in [6.07, 6.45) is 2.53. The van der Waals surface area contributed by atoms with E-state index in [0.717, 1.165) is 24.3 Å². The maximum atomic E-state index is 11.8. The Morgan fingerprint density at radius 1 is 1.67 bits per heavy atom. The molecule has 1 fully saturated rings. The first-order valence-corrected chi connectivity index (χ1v) is 6.39. The predicted octanol–water partition coefficient (Wildman–Crippen LogP) is 0.816. The van der Waals surface area contributed by atoms with Crippen LogP contribution < -0.4 is 16.0 Å². The first-order valence-electron chi connectivity index (χ1n) is 6.39. The van der Waals surface area contributed by atoms with Gasteiger partial charge in [-0.2, -0.15) is 0 Å². The number of amides is 1. The Bertz CT molecular complexity index is 433. The highest BCUT2D eigenvalue weighted by molar-refractivity contribution is 5.86. The predicted molar refractivity (Wildman–Crippen MR) is 71.3 cm³/mol. The van der Waals surface area contributed by atoms with Crippen LogP contribution in [0.3, 0.4) is 0 Å². The summed E-state index contributed by atoms with van der Waals surface area (Å²) in [5.74, 6) is 0.920. The summed E-state index contributed by atoms with van der Waals surface area (Å²) in [7, 11) is 0. The van der Waals surface area contributed by atoms with Crippen LogP contribution in [0.2, 0.25) is 0 Å². The Hall–Kier alpha value is -1.62. The van der Waals surface area contributed by atoms with Crippen LogP contribution in [0.4, 0.5) is 5.82 Å². The Kier molecular flexibility index (Phi) is 3.81. The molecule has 18 heavy (non-hydrogen) atoms. The fourth-order valence-electron chi connectivity index (χ4n) is 2.27. The van der Waals surface area contributed by atoms with Gasteiger partial charge in [0.25, 0.3) is 0 Å². The van der Waals surface area contributed by atoms with Crippen molar-refractivity contribution in [2.75, 3.05) is 18.0 Å². The number of anilines is 1. The minimum Gasteiger partial charge on any atom is -0.353 e.